The van der Waals surface area contributed by atoms with Crippen molar-refractivity contribution < 1.29 is 14.3 Å². The summed E-state index contributed by atoms with van der Waals surface area (Å²) in [6, 6.07) is 0.241. The molecule has 6 heteroatoms. The van der Waals surface area contributed by atoms with Gasteiger partial charge in [-0.15, -0.1) is 0 Å². The van der Waals surface area contributed by atoms with Crippen LogP contribution in [-0.2, 0) is 16.0 Å². The number of methoxy groups -OCH3 is 1. The van der Waals surface area contributed by atoms with Gasteiger partial charge in [0.15, 0.2) is 0 Å². The molecule has 0 aliphatic heterocycles. The molecule has 0 fully saturated rings. The van der Waals surface area contributed by atoms with Gasteiger partial charge in [0.1, 0.15) is 0 Å². The molecule has 0 aliphatic rings. The second-order valence-corrected chi connectivity index (χ2v) is 6.40. The Balaban J connectivity index is 1.69. The largest absolute Gasteiger partial charge is 0.392 e. The standard InChI is InChI=1S/C19H29N3O3/c1-15(23)25-19-21-17-14-20-13-16(18(17)22-19)11-9-7-5-3-4-6-8-10-12-24-2/h13-14H,3-12H2,1-2H3,(H,21,22). The molecule has 2 rings (SSSR count). The van der Waals surface area contributed by atoms with E-state index in [2.05, 4.69) is 15.0 Å². The van der Waals surface area contributed by atoms with Crippen LogP contribution in [0.3, 0.4) is 0 Å². The molecule has 0 unspecified atom stereocenters. The van der Waals surface area contributed by atoms with Crippen LogP contribution in [0.5, 0.6) is 6.01 Å². The average Bonchev–Trinajstić information content (AvgIpc) is 2.99. The fraction of sp³-hybridized carbons (Fsp3) is 0.632. The quantitative estimate of drug-likeness (QED) is 0.460. The molecule has 25 heavy (non-hydrogen) atoms. The number of imidazole rings is 1. The van der Waals surface area contributed by atoms with Crippen molar-refractivity contribution in [2.24, 2.45) is 0 Å². The third-order valence-corrected chi connectivity index (χ3v) is 4.23. The Bertz CT molecular complexity index is 654. The number of aryl methyl sites for hydroxylation is 1. The van der Waals surface area contributed by atoms with Gasteiger partial charge in [0.05, 0.1) is 17.2 Å². The molecule has 0 radical (unpaired) electrons. The van der Waals surface area contributed by atoms with Gasteiger partial charge in [0.25, 0.3) is 0 Å². The SMILES string of the molecule is COCCCCCCCCCCc1cncc2[nH]c(OC(C)=O)nc12. The van der Waals surface area contributed by atoms with Crippen LogP contribution in [0.4, 0.5) is 0 Å². The first-order valence-electron chi connectivity index (χ1n) is 9.20. The topological polar surface area (TPSA) is 77.1 Å². The summed E-state index contributed by atoms with van der Waals surface area (Å²) in [6.07, 6.45) is 14.5. The summed E-state index contributed by atoms with van der Waals surface area (Å²) in [7, 11) is 1.76. The number of aromatic nitrogens is 3. The van der Waals surface area contributed by atoms with Crippen LogP contribution >= 0.6 is 0 Å². The molecule has 0 aromatic carbocycles. The van der Waals surface area contributed by atoms with E-state index in [1.807, 2.05) is 6.20 Å². The number of carbonyl (C=O) groups excluding carboxylic acids is 1. The number of carbonyl (C=O) groups is 1. The zero-order chi connectivity index (χ0) is 17.9. The highest BCUT2D eigenvalue weighted by Crippen LogP contribution is 2.21. The van der Waals surface area contributed by atoms with Crippen LogP contribution in [-0.4, -0.2) is 34.6 Å². The molecule has 138 valence electrons. The lowest BCUT2D eigenvalue weighted by atomic mass is 10.0. The lowest BCUT2D eigenvalue weighted by molar-refractivity contribution is -0.132. The van der Waals surface area contributed by atoms with Gasteiger partial charge in [-0.2, -0.15) is 4.98 Å². The maximum absolute atomic E-state index is 11.0. The summed E-state index contributed by atoms with van der Waals surface area (Å²) in [4.78, 5) is 22.6. The highest BCUT2D eigenvalue weighted by molar-refractivity contribution is 5.79. The van der Waals surface area contributed by atoms with E-state index in [9.17, 15) is 4.79 Å². The fourth-order valence-corrected chi connectivity index (χ4v) is 2.96. The molecule has 0 aliphatic carbocycles. The number of aromatic amines is 1. The van der Waals surface area contributed by atoms with Crippen molar-refractivity contribution in [3.8, 4) is 6.01 Å². The number of fused-ring (bicyclic) bond motifs is 1. The molecule has 6 nitrogen and oxygen atoms in total. The molecule has 0 amide bonds. The monoisotopic (exact) mass is 347 g/mol. The van der Waals surface area contributed by atoms with E-state index in [-0.39, 0.29) is 12.0 Å². The minimum absolute atomic E-state index is 0.241. The van der Waals surface area contributed by atoms with Crippen molar-refractivity contribution >= 4 is 17.0 Å². The van der Waals surface area contributed by atoms with Gasteiger partial charge in [0.2, 0.25) is 0 Å². The van der Waals surface area contributed by atoms with Crippen LogP contribution < -0.4 is 4.74 Å². The predicted octanol–water partition coefficient (Wildman–Crippen LogP) is 4.19. The number of rotatable bonds is 12. The highest BCUT2D eigenvalue weighted by Gasteiger charge is 2.10. The Labute approximate surface area is 149 Å². The van der Waals surface area contributed by atoms with Crippen molar-refractivity contribution in [3.05, 3.63) is 18.0 Å². The fourth-order valence-electron chi connectivity index (χ4n) is 2.96. The van der Waals surface area contributed by atoms with Gasteiger partial charge >= 0.3 is 12.0 Å². The number of unbranched alkanes of at least 4 members (excludes halogenated alkanes) is 7. The van der Waals surface area contributed by atoms with E-state index in [1.165, 1.54) is 51.9 Å². The second-order valence-electron chi connectivity index (χ2n) is 6.40. The molecule has 0 spiro atoms. The molecule has 1 N–H and O–H groups in total. The smallest absolute Gasteiger partial charge is 0.310 e. The Hall–Kier alpha value is -1.95. The lowest BCUT2D eigenvalue weighted by Gasteiger charge is -2.03. The first-order valence-corrected chi connectivity index (χ1v) is 9.20. The Morgan fingerprint density at radius 3 is 2.40 bits per heavy atom. The van der Waals surface area contributed by atoms with Crippen molar-refractivity contribution in [1.82, 2.24) is 15.0 Å². The van der Waals surface area contributed by atoms with Gasteiger partial charge in [-0.05, 0) is 24.8 Å². The van der Waals surface area contributed by atoms with Crippen molar-refractivity contribution in [3.63, 3.8) is 0 Å². The first-order chi connectivity index (χ1) is 12.2. The number of pyridine rings is 1. The van der Waals surface area contributed by atoms with E-state index in [0.29, 0.717) is 0 Å². The second kappa shape index (κ2) is 10.8. The number of hydrogen-bond acceptors (Lipinski definition) is 5. The number of H-pyrrole nitrogens is 1. The summed E-state index contributed by atoms with van der Waals surface area (Å²) in [5.74, 6) is -0.379. The van der Waals surface area contributed by atoms with Gasteiger partial charge < -0.3 is 14.5 Å². The molecule has 0 saturated heterocycles. The van der Waals surface area contributed by atoms with E-state index in [0.717, 1.165) is 36.0 Å². The van der Waals surface area contributed by atoms with Crippen molar-refractivity contribution in [1.29, 1.82) is 0 Å². The maximum Gasteiger partial charge on any atom is 0.310 e. The van der Waals surface area contributed by atoms with Gasteiger partial charge in [-0.25, -0.2) is 0 Å². The van der Waals surface area contributed by atoms with Gasteiger partial charge in [0, 0.05) is 26.8 Å². The number of nitrogens with zero attached hydrogens (tertiary/aromatic N) is 2. The van der Waals surface area contributed by atoms with E-state index < -0.39 is 0 Å². The molecule has 2 aromatic rings. The molecule has 0 bridgehead atoms. The Morgan fingerprint density at radius 2 is 1.72 bits per heavy atom. The van der Waals surface area contributed by atoms with Crippen LogP contribution in [0.2, 0.25) is 0 Å². The normalized spacial score (nSPS) is 11.1. The molecule has 0 saturated carbocycles. The summed E-state index contributed by atoms with van der Waals surface area (Å²) >= 11 is 0. The minimum Gasteiger partial charge on any atom is -0.392 e. The summed E-state index contributed by atoms with van der Waals surface area (Å²) in [6.45, 7) is 2.25. The van der Waals surface area contributed by atoms with E-state index in [1.54, 1.807) is 13.3 Å². The Morgan fingerprint density at radius 1 is 1.04 bits per heavy atom. The zero-order valence-corrected chi connectivity index (χ0v) is 15.3. The third-order valence-electron chi connectivity index (χ3n) is 4.23. The molecular weight excluding hydrogens is 318 g/mol. The van der Waals surface area contributed by atoms with Crippen LogP contribution in [0.15, 0.2) is 12.4 Å². The predicted molar refractivity (Wildman–Crippen MR) is 97.7 cm³/mol. The average molecular weight is 347 g/mol. The molecular formula is C19H29N3O3. The molecule has 2 aromatic heterocycles. The zero-order valence-electron chi connectivity index (χ0n) is 15.3. The number of hydrogen-bond donors (Lipinski definition) is 1. The van der Waals surface area contributed by atoms with Crippen LogP contribution in [0.1, 0.15) is 63.9 Å². The van der Waals surface area contributed by atoms with E-state index in [4.69, 9.17) is 9.47 Å². The lowest BCUT2D eigenvalue weighted by Crippen LogP contribution is -2.02. The van der Waals surface area contributed by atoms with Crippen molar-refractivity contribution in [2.45, 2.75) is 64.7 Å². The maximum atomic E-state index is 11.0. The Kier molecular flexibility index (Phi) is 8.39. The van der Waals surface area contributed by atoms with Crippen molar-refractivity contribution in [2.75, 3.05) is 13.7 Å². The van der Waals surface area contributed by atoms with Gasteiger partial charge in [-0.1, -0.05) is 38.5 Å². The number of ether oxygens (including phenoxy) is 2. The first kappa shape index (κ1) is 19.4. The number of nitrogens with one attached hydrogen (secondary N) is 1. The molecule has 2 heterocycles. The molecule has 0 atom stereocenters. The summed E-state index contributed by atoms with van der Waals surface area (Å²) in [5, 5.41) is 0. The number of esters is 1. The van der Waals surface area contributed by atoms with E-state index >= 15 is 0 Å². The summed E-state index contributed by atoms with van der Waals surface area (Å²) in [5.41, 5.74) is 2.76. The van der Waals surface area contributed by atoms with Gasteiger partial charge in [-0.3, -0.25) is 9.78 Å². The summed E-state index contributed by atoms with van der Waals surface area (Å²) < 4.78 is 10.1. The van der Waals surface area contributed by atoms with Crippen LogP contribution in [0, 0.1) is 0 Å². The third kappa shape index (κ3) is 6.82. The van der Waals surface area contributed by atoms with Crippen LogP contribution in [0.25, 0.3) is 11.0 Å². The highest BCUT2D eigenvalue weighted by atomic mass is 16.5. The minimum atomic E-state index is -0.379.